The summed E-state index contributed by atoms with van der Waals surface area (Å²) in [6.45, 7) is 4.47. The third-order valence-corrected chi connectivity index (χ3v) is 6.70. The van der Waals surface area contributed by atoms with Gasteiger partial charge in [-0.15, -0.1) is 0 Å². The van der Waals surface area contributed by atoms with Gasteiger partial charge in [0, 0.05) is 5.69 Å². The quantitative estimate of drug-likeness (QED) is 0.274. The second-order valence-electron chi connectivity index (χ2n) is 7.90. The van der Waals surface area contributed by atoms with Crippen LogP contribution in [0.25, 0.3) is 6.08 Å². The molecule has 8 heteroatoms. The minimum atomic E-state index is -0.265. The zero-order valence-electron chi connectivity index (χ0n) is 20.0. The second-order valence-corrected chi connectivity index (χ2v) is 9.58. The fourth-order valence-electron chi connectivity index (χ4n) is 3.53. The summed E-state index contributed by atoms with van der Waals surface area (Å²) in [5.74, 6) is 0.900. The lowest BCUT2D eigenvalue weighted by atomic mass is 10.1. The maximum absolute atomic E-state index is 13.0. The van der Waals surface area contributed by atoms with E-state index >= 15 is 0 Å². The van der Waals surface area contributed by atoms with Gasteiger partial charge in [-0.05, 0) is 79.1 Å². The molecule has 3 aromatic carbocycles. The lowest BCUT2D eigenvalue weighted by Crippen LogP contribution is -2.27. The van der Waals surface area contributed by atoms with Gasteiger partial charge in [-0.2, -0.15) is 0 Å². The molecule has 1 fully saturated rings. The highest BCUT2D eigenvalue weighted by Crippen LogP contribution is 2.36. The van der Waals surface area contributed by atoms with Crippen LogP contribution in [-0.4, -0.2) is 29.3 Å². The van der Waals surface area contributed by atoms with Crippen LogP contribution in [0, 0.1) is 0 Å². The van der Waals surface area contributed by atoms with E-state index in [2.05, 4.69) is 12.2 Å². The molecule has 1 N–H and O–H groups in total. The molecule has 2 amide bonds. The smallest absolute Gasteiger partial charge is 0.270 e. The third kappa shape index (κ3) is 6.33. The molecule has 0 radical (unpaired) electrons. The SMILES string of the molecule is CCOc1ccc(NC(=O)COc2ccc(/C=C3\SC(=S)N(c4ccc(CC)cc4)C3=O)cc2)cc1. The van der Waals surface area contributed by atoms with E-state index in [0.29, 0.717) is 27.3 Å². The van der Waals surface area contributed by atoms with Crippen LogP contribution in [-0.2, 0) is 16.0 Å². The van der Waals surface area contributed by atoms with E-state index < -0.39 is 0 Å². The standard InChI is InChI=1S/C28H26N2O4S2/c1-3-19-5-11-22(12-6-19)30-27(32)25(36-28(30)35)17-20-7-13-24(14-8-20)34-18-26(31)29-21-9-15-23(16-10-21)33-4-2/h5-17H,3-4,18H2,1-2H3,(H,29,31)/b25-17-. The molecule has 0 unspecified atom stereocenters. The molecule has 0 aromatic heterocycles. The number of hydrogen-bond acceptors (Lipinski definition) is 6. The highest BCUT2D eigenvalue weighted by atomic mass is 32.2. The molecule has 1 aliphatic rings. The topological polar surface area (TPSA) is 67.9 Å². The number of anilines is 2. The van der Waals surface area contributed by atoms with Gasteiger partial charge in [0.05, 0.1) is 17.2 Å². The number of carbonyl (C=O) groups excluding carboxylic acids is 2. The number of thiocarbonyl (C=S) groups is 1. The van der Waals surface area contributed by atoms with Crippen molar-refractivity contribution in [2.75, 3.05) is 23.4 Å². The molecule has 1 aliphatic heterocycles. The summed E-state index contributed by atoms with van der Waals surface area (Å²) in [5.41, 5.74) is 3.48. The van der Waals surface area contributed by atoms with E-state index in [1.165, 1.54) is 17.3 Å². The van der Waals surface area contributed by atoms with E-state index in [9.17, 15) is 9.59 Å². The predicted molar refractivity (Wildman–Crippen MR) is 150 cm³/mol. The number of nitrogens with one attached hydrogen (secondary N) is 1. The number of carbonyl (C=O) groups is 2. The summed E-state index contributed by atoms with van der Waals surface area (Å²) in [6.07, 6.45) is 2.74. The van der Waals surface area contributed by atoms with Crippen LogP contribution in [0.5, 0.6) is 11.5 Å². The van der Waals surface area contributed by atoms with Gasteiger partial charge in [-0.1, -0.05) is 55.2 Å². The first-order chi connectivity index (χ1) is 17.5. The lowest BCUT2D eigenvalue weighted by molar-refractivity contribution is -0.118. The first-order valence-corrected chi connectivity index (χ1v) is 12.8. The van der Waals surface area contributed by atoms with Crippen LogP contribution in [0.4, 0.5) is 11.4 Å². The number of benzene rings is 3. The molecule has 1 saturated heterocycles. The molecule has 0 saturated carbocycles. The fraction of sp³-hybridized carbons (Fsp3) is 0.179. The first-order valence-electron chi connectivity index (χ1n) is 11.6. The Morgan fingerprint density at radius 1 is 0.944 bits per heavy atom. The van der Waals surface area contributed by atoms with Gasteiger partial charge in [-0.25, -0.2) is 0 Å². The summed E-state index contributed by atoms with van der Waals surface area (Å²) < 4.78 is 11.5. The minimum Gasteiger partial charge on any atom is -0.494 e. The van der Waals surface area contributed by atoms with Crippen molar-refractivity contribution in [2.45, 2.75) is 20.3 Å². The van der Waals surface area contributed by atoms with Crippen molar-refractivity contribution in [1.29, 1.82) is 0 Å². The number of hydrogen-bond donors (Lipinski definition) is 1. The Bertz CT molecular complexity index is 1270. The van der Waals surface area contributed by atoms with Gasteiger partial charge in [-0.3, -0.25) is 14.5 Å². The van der Waals surface area contributed by atoms with Gasteiger partial charge < -0.3 is 14.8 Å². The highest BCUT2D eigenvalue weighted by Gasteiger charge is 2.33. The molecule has 4 rings (SSSR count). The number of amides is 2. The van der Waals surface area contributed by atoms with Crippen molar-refractivity contribution in [1.82, 2.24) is 0 Å². The van der Waals surface area contributed by atoms with Crippen molar-refractivity contribution in [3.05, 3.63) is 88.8 Å². The monoisotopic (exact) mass is 518 g/mol. The summed E-state index contributed by atoms with van der Waals surface area (Å²) in [5, 5.41) is 2.79. The van der Waals surface area contributed by atoms with Gasteiger partial charge >= 0.3 is 0 Å². The van der Waals surface area contributed by atoms with E-state index in [4.69, 9.17) is 21.7 Å². The summed E-state index contributed by atoms with van der Waals surface area (Å²) in [4.78, 5) is 27.3. The predicted octanol–water partition coefficient (Wildman–Crippen LogP) is 6.07. The van der Waals surface area contributed by atoms with Crippen LogP contribution < -0.4 is 19.7 Å². The largest absolute Gasteiger partial charge is 0.494 e. The van der Waals surface area contributed by atoms with Crippen molar-refractivity contribution in [3.8, 4) is 11.5 Å². The van der Waals surface area contributed by atoms with Crippen LogP contribution in [0.15, 0.2) is 77.7 Å². The van der Waals surface area contributed by atoms with Crippen LogP contribution in [0.3, 0.4) is 0 Å². The number of nitrogens with zero attached hydrogens (tertiary/aromatic N) is 1. The van der Waals surface area contributed by atoms with Gasteiger partial charge in [0.25, 0.3) is 11.8 Å². The van der Waals surface area contributed by atoms with Crippen LogP contribution >= 0.6 is 24.0 Å². The molecular weight excluding hydrogens is 492 g/mol. The Hall–Kier alpha value is -3.62. The summed E-state index contributed by atoms with van der Waals surface area (Å²) >= 11 is 6.74. The maximum Gasteiger partial charge on any atom is 0.270 e. The summed E-state index contributed by atoms with van der Waals surface area (Å²) in [7, 11) is 0. The second kappa shape index (κ2) is 11.9. The Labute approximate surface area is 220 Å². The molecule has 0 bridgehead atoms. The van der Waals surface area contributed by atoms with Crippen molar-refractivity contribution in [2.24, 2.45) is 0 Å². The van der Waals surface area contributed by atoms with Crippen LogP contribution in [0.2, 0.25) is 0 Å². The van der Waals surface area contributed by atoms with Crippen molar-refractivity contribution in [3.63, 3.8) is 0 Å². The van der Waals surface area contributed by atoms with Gasteiger partial charge in [0.2, 0.25) is 0 Å². The normalized spacial score (nSPS) is 14.3. The van der Waals surface area contributed by atoms with Gasteiger partial charge in [0.1, 0.15) is 11.5 Å². The molecule has 3 aromatic rings. The molecule has 1 heterocycles. The number of ether oxygens (including phenoxy) is 2. The average Bonchev–Trinajstić information content (AvgIpc) is 3.17. The van der Waals surface area contributed by atoms with Crippen LogP contribution in [0.1, 0.15) is 25.0 Å². The maximum atomic E-state index is 13.0. The zero-order chi connectivity index (χ0) is 25.5. The molecule has 6 nitrogen and oxygen atoms in total. The Balaban J connectivity index is 1.33. The van der Waals surface area contributed by atoms with E-state index in [0.717, 1.165) is 23.4 Å². The van der Waals surface area contributed by atoms with Crippen molar-refractivity contribution >= 4 is 57.6 Å². The average molecular weight is 519 g/mol. The molecule has 0 spiro atoms. The zero-order valence-corrected chi connectivity index (χ0v) is 21.7. The molecule has 0 aliphatic carbocycles. The minimum absolute atomic E-state index is 0.123. The highest BCUT2D eigenvalue weighted by molar-refractivity contribution is 8.27. The fourth-order valence-corrected chi connectivity index (χ4v) is 4.83. The van der Waals surface area contributed by atoms with Gasteiger partial charge in [0.15, 0.2) is 10.9 Å². The third-order valence-electron chi connectivity index (χ3n) is 5.39. The molecule has 0 atom stereocenters. The Kier molecular flexibility index (Phi) is 8.40. The number of aryl methyl sites for hydroxylation is 1. The van der Waals surface area contributed by atoms with Crippen molar-refractivity contribution < 1.29 is 19.1 Å². The van der Waals surface area contributed by atoms with E-state index in [1.807, 2.05) is 49.4 Å². The summed E-state index contributed by atoms with van der Waals surface area (Å²) in [6, 6.07) is 22.2. The first kappa shape index (κ1) is 25.5. The Morgan fingerprint density at radius 3 is 2.22 bits per heavy atom. The lowest BCUT2D eigenvalue weighted by Gasteiger charge is -2.14. The van der Waals surface area contributed by atoms with E-state index in [1.54, 1.807) is 41.3 Å². The molecular formula is C28H26N2O4S2. The number of rotatable bonds is 9. The van der Waals surface area contributed by atoms with E-state index in [-0.39, 0.29) is 18.4 Å². The molecule has 184 valence electrons. The molecule has 36 heavy (non-hydrogen) atoms. The Morgan fingerprint density at radius 2 is 1.58 bits per heavy atom. The number of thioether (sulfide) groups is 1.